The molecule has 0 amide bonds. The first kappa shape index (κ1) is 13.6. The van der Waals surface area contributed by atoms with Gasteiger partial charge in [-0.05, 0) is 23.3 Å². The molecule has 0 bridgehead atoms. The van der Waals surface area contributed by atoms with Crippen molar-refractivity contribution in [3.63, 3.8) is 0 Å². The molecule has 5 heteroatoms. The zero-order chi connectivity index (χ0) is 13.8. The minimum atomic E-state index is -0.714. The molecule has 0 saturated carbocycles. The maximum absolute atomic E-state index is 13.4. The maximum Gasteiger partial charge on any atom is 0.141 e. The van der Waals surface area contributed by atoms with Crippen LogP contribution < -0.4 is 0 Å². The summed E-state index contributed by atoms with van der Waals surface area (Å²) in [6.45, 7) is 0. The molecule has 98 valence electrons. The molecule has 1 aromatic heterocycles. The molecule has 0 N–H and O–H groups in total. The fourth-order valence-corrected chi connectivity index (χ4v) is 1.89. The minimum absolute atomic E-state index is 0.0925. The number of nitrogens with zero attached hydrogens (tertiary/aromatic N) is 1. The average Bonchev–Trinajstić information content (AvgIpc) is 2.36. The van der Waals surface area contributed by atoms with E-state index in [-0.39, 0.29) is 24.2 Å². The molecule has 0 unspecified atom stereocenters. The normalized spacial score (nSPS) is 10.5. The van der Waals surface area contributed by atoms with E-state index in [1.165, 1.54) is 18.5 Å². The molecule has 0 aliphatic carbocycles. The van der Waals surface area contributed by atoms with Crippen molar-refractivity contribution in [1.82, 2.24) is 4.98 Å². The number of pyridine rings is 1. The van der Waals surface area contributed by atoms with Gasteiger partial charge in [0.2, 0.25) is 0 Å². The molecule has 0 spiro atoms. The summed E-state index contributed by atoms with van der Waals surface area (Å²) in [7, 11) is 0. The molecule has 0 aliphatic rings. The number of benzene rings is 1. The van der Waals surface area contributed by atoms with Crippen molar-refractivity contribution in [2.45, 2.75) is 12.8 Å². The summed E-state index contributed by atoms with van der Waals surface area (Å²) < 4.78 is 26.1. The van der Waals surface area contributed by atoms with Crippen molar-refractivity contribution < 1.29 is 13.6 Å². The Morgan fingerprint density at radius 1 is 1.16 bits per heavy atom. The Balaban J connectivity index is 2.08. The SMILES string of the molecule is O=C(Cc1ccc(F)cc1F)Cc1ccncc1Cl. The lowest BCUT2D eigenvalue weighted by atomic mass is 10.0. The molecule has 0 radical (unpaired) electrons. The number of carbonyl (C=O) groups is 1. The van der Waals surface area contributed by atoms with Gasteiger partial charge < -0.3 is 0 Å². The average molecular weight is 282 g/mol. The standard InChI is InChI=1S/C14H10ClF2NO/c15-13-8-18-4-3-9(13)5-12(19)6-10-1-2-11(16)7-14(10)17/h1-4,7-8H,5-6H2. The Labute approximate surface area is 114 Å². The second kappa shape index (κ2) is 5.89. The van der Waals surface area contributed by atoms with E-state index >= 15 is 0 Å². The predicted molar refractivity (Wildman–Crippen MR) is 68.0 cm³/mol. The number of halogens is 3. The minimum Gasteiger partial charge on any atom is -0.299 e. The fourth-order valence-electron chi connectivity index (χ4n) is 1.70. The third-order valence-corrected chi connectivity index (χ3v) is 2.99. The molecular weight excluding hydrogens is 272 g/mol. The summed E-state index contributed by atoms with van der Waals surface area (Å²) >= 11 is 5.88. The van der Waals surface area contributed by atoms with E-state index in [4.69, 9.17) is 11.6 Å². The van der Waals surface area contributed by atoms with Crippen molar-refractivity contribution >= 4 is 17.4 Å². The molecule has 1 aromatic carbocycles. The Morgan fingerprint density at radius 2 is 1.89 bits per heavy atom. The summed E-state index contributed by atoms with van der Waals surface area (Å²) in [5.41, 5.74) is 0.820. The molecular formula is C14H10ClF2NO. The molecule has 0 saturated heterocycles. The van der Waals surface area contributed by atoms with Crippen molar-refractivity contribution in [2.24, 2.45) is 0 Å². The molecule has 2 rings (SSSR count). The quantitative estimate of drug-likeness (QED) is 0.860. The highest BCUT2D eigenvalue weighted by Crippen LogP contribution is 2.16. The maximum atomic E-state index is 13.4. The van der Waals surface area contributed by atoms with Gasteiger partial charge in [-0.3, -0.25) is 9.78 Å². The number of ketones is 1. The molecule has 19 heavy (non-hydrogen) atoms. The van der Waals surface area contributed by atoms with Crippen LogP contribution in [0, 0.1) is 11.6 Å². The summed E-state index contributed by atoms with van der Waals surface area (Å²) in [5.74, 6) is -1.57. The molecule has 1 heterocycles. The van der Waals surface area contributed by atoms with Crippen molar-refractivity contribution in [3.05, 3.63) is 64.4 Å². The Hall–Kier alpha value is -1.81. The van der Waals surface area contributed by atoms with Crippen LogP contribution in [0.15, 0.2) is 36.7 Å². The third kappa shape index (κ3) is 3.58. The van der Waals surface area contributed by atoms with E-state index < -0.39 is 11.6 Å². The molecule has 0 fully saturated rings. The van der Waals surface area contributed by atoms with E-state index in [1.807, 2.05) is 0 Å². The fraction of sp³-hybridized carbons (Fsp3) is 0.143. The van der Waals surface area contributed by atoms with E-state index in [0.29, 0.717) is 10.6 Å². The summed E-state index contributed by atoms with van der Waals surface area (Å²) in [5, 5.41) is 0.399. The van der Waals surface area contributed by atoms with Gasteiger partial charge in [0.1, 0.15) is 17.4 Å². The highest BCUT2D eigenvalue weighted by atomic mass is 35.5. The van der Waals surface area contributed by atoms with Gasteiger partial charge in [-0.15, -0.1) is 0 Å². The second-order valence-electron chi connectivity index (χ2n) is 4.10. The zero-order valence-corrected chi connectivity index (χ0v) is 10.6. The topological polar surface area (TPSA) is 30.0 Å². The monoisotopic (exact) mass is 281 g/mol. The first-order valence-electron chi connectivity index (χ1n) is 5.60. The lowest BCUT2D eigenvalue weighted by Crippen LogP contribution is -2.08. The van der Waals surface area contributed by atoms with Crippen molar-refractivity contribution in [1.29, 1.82) is 0 Å². The molecule has 2 nitrogen and oxygen atoms in total. The number of hydrogen-bond acceptors (Lipinski definition) is 2. The Kier molecular flexibility index (Phi) is 4.22. The van der Waals surface area contributed by atoms with Gasteiger partial charge in [-0.2, -0.15) is 0 Å². The highest BCUT2D eigenvalue weighted by molar-refractivity contribution is 6.31. The Bertz CT molecular complexity index is 616. The van der Waals surface area contributed by atoms with Gasteiger partial charge in [0, 0.05) is 31.3 Å². The van der Waals surface area contributed by atoms with Crippen LogP contribution in [0.3, 0.4) is 0 Å². The van der Waals surface area contributed by atoms with E-state index in [2.05, 4.69) is 4.98 Å². The number of hydrogen-bond donors (Lipinski definition) is 0. The van der Waals surface area contributed by atoms with E-state index in [1.54, 1.807) is 6.07 Å². The van der Waals surface area contributed by atoms with Crippen molar-refractivity contribution in [3.8, 4) is 0 Å². The summed E-state index contributed by atoms with van der Waals surface area (Å²) in [4.78, 5) is 15.6. The van der Waals surface area contributed by atoms with Crippen molar-refractivity contribution in [2.75, 3.05) is 0 Å². The Morgan fingerprint density at radius 3 is 2.58 bits per heavy atom. The molecule has 0 atom stereocenters. The van der Waals surface area contributed by atoms with Crippen LogP contribution in [0.2, 0.25) is 5.02 Å². The molecule has 0 aliphatic heterocycles. The zero-order valence-electron chi connectivity index (χ0n) is 9.87. The highest BCUT2D eigenvalue weighted by Gasteiger charge is 2.11. The first-order chi connectivity index (χ1) is 9.06. The van der Waals surface area contributed by atoms with Crippen LogP contribution in [0.4, 0.5) is 8.78 Å². The lowest BCUT2D eigenvalue weighted by Gasteiger charge is -2.04. The van der Waals surface area contributed by atoms with Crippen LogP contribution in [-0.4, -0.2) is 10.8 Å². The van der Waals surface area contributed by atoms with Crippen LogP contribution in [0.25, 0.3) is 0 Å². The van der Waals surface area contributed by atoms with Crippen LogP contribution in [-0.2, 0) is 17.6 Å². The molecule has 2 aromatic rings. The van der Waals surface area contributed by atoms with Crippen LogP contribution >= 0.6 is 11.6 Å². The van der Waals surface area contributed by atoms with Gasteiger partial charge in [0.25, 0.3) is 0 Å². The number of aromatic nitrogens is 1. The summed E-state index contributed by atoms with van der Waals surface area (Å²) in [6, 6.07) is 4.81. The van der Waals surface area contributed by atoms with Gasteiger partial charge in [-0.1, -0.05) is 17.7 Å². The number of rotatable bonds is 4. The number of carbonyl (C=O) groups excluding carboxylic acids is 1. The van der Waals surface area contributed by atoms with Gasteiger partial charge in [0.15, 0.2) is 0 Å². The van der Waals surface area contributed by atoms with Crippen LogP contribution in [0.5, 0.6) is 0 Å². The predicted octanol–water partition coefficient (Wildman–Crippen LogP) is 3.37. The smallest absolute Gasteiger partial charge is 0.141 e. The summed E-state index contributed by atoms with van der Waals surface area (Å²) in [6.07, 6.45) is 2.98. The van der Waals surface area contributed by atoms with E-state index in [9.17, 15) is 13.6 Å². The lowest BCUT2D eigenvalue weighted by molar-refractivity contribution is -0.117. The van der Waals surface area contributed by atoms with Gasteiger partial charge >= 0.3 is 0 Å². The van der Waals surface area contributed by atoms with Gasteiger partial charge in [0.05, 0.1) is 5.02 Å². The number of Topliss-reactive ketones (excluding diaryl/α,β-unsaturated/α-hetero) is 1. The third-order valence-electron chi connectivity index (χ3n) is 2.65. The van der Waals surface area contributed by atoms with Gasteiger partial charge in [-0.25, -0.2) is 8.78 Å². The largest absolute Gasteiger partial charge is 0.299 e. The second-order valence-corrected chi connectivity index (χ2v) is 4.50. The first-order valence-corrected chi connectivity index (χ1v) is 5.98. The van der Waals surface area contributed by atoms with E-state index in [0.717, 1.165) is 12.1 Å². The van der Waals surface area contributed by atoms with Crippen LogP contribution in [0.1, 0.15) is 11.1 Å².